The van der Waals surface area contributed by atoms with Crippen molar-refractivity contribution in [2.24, 2.45) is 5.92 Å². The van der Waals surface area contributed by atoms with Crippen molar-refractivity contribution in [2.75, 3.05) is 32.1 Å². The van der Waals surface area contributed by atoms with E-state index in [-0.39, 0.29) is 6.03 Å². The number of thioether (sulfide) groups is 1. The van der Waals surface area contributed by atoms with Gasteiger partial charge in [0.2, 0.25) is 0 Å². The van der Waals surface area contributed by atoms with E-state index >= 15 is 0 Å². The third-order valence-corrected chi connectivity index (χ3v) is 6.11. The van der Waals surface area contributed by atoms with Crippen molar-refractivity contribution in [3.63, 3.8) is 0 Å². The molecule has 0 aromatic heterocycles. The van der Waals surface area contributed by atoms with Gasteiger partial charge in [0.15, 0.2) is 0 Å². The van der Waals surface area contributed by atoms with E-state index in [1.165, 1.54) is 30.6 Å². The first kappa shape index (κ1) is 16.7. The number of hydrogen-bond donors (Lipinski definition) is 1. The Morgan fingerprint density at radius 2 is 2.09 bits per heavy atom. The van der Waals surface area contributed by atoms with Gasteiger partial charge in [-0.25, -0.2) is 4.79 Å². The molecule has 1 saturated carbocycles. The Bertz CT molecular complexity index is 532. The SMILES string of the molecule is COCC1CCN(C(=O)Nc2ccccc2SC2CCCC2)C1. The van der Waals surface area contributed by atoms with Gasteiger partial charge in [-0.2, -0.15) is 0 Å². The first-order chi connectivity index (χ1) is 11.3. The van der Waals surface area contributed by atoms with E-state index in [1.54, 1.807) is 7.11 Å². The van der Waals surface area contributed by atoms with Crippen LogP contribution in [0.25, 0.3) is 0 Å². The number of ether oxygens (including phenoxy) is 1. The second kappa shape index (κ2) is 8.06. The first-order valence-electron chi connectivity index (χ1n) is 8.57. The lowest BCUT2D eigenvalue weighted by Crippen LogP contribution is -2.33. The number of likely N-dealkylation sites (tertiary alicyclic amines) is 1. The molecular weight excluding hydrogens is 308 g/mol. The van der Waals surface area contributed by atoms with Crippen molar-refractivity contribution in [3.8, 4) is 0 Å². The van der Waals surface area contributed by atoms with E-state index in [1.807, 2.05) is 28.8 Å². The van der Waals surface area contributed by atoms with Gasteiger partial charge in [0.1, 0.15) is 0 Å². The van der Waals surface area contributed by atoms with Gasteiger partial charge in [0.05, 0.1) is 12.3 Å². The maximum atomic E-state index is 12.5. The van der Waals surface area contributed by atoms with E-state index < -0.39 is 0 Å². The van der Waals surface area contributed by atoms with Crippen LogP contribution in [0.4, 0.5) is 10.5 Å². The van der Waals surface area contributed by atoms with Gasteiger partial charge in [-0.3, -0.25) is 0 Å². The maximum Gasteiger partial charge on any atom is 0.321 e. The molecule has 4 nitrogen and oxygen atoms in total. The second-order valence-corrected chi connectivity index (χ2v) is 7.85. The number of methoxy groups -OCH3 is 1. The van der Waals surface area contributed by atoms with Gasteiger partial charge in [-0.05, 0) is 31.4 Å². The van der Waals surface area contributed by atoms with Crippen LogP contribution in [0.5, 0.6) is 0 Å². The summed E-state index contributed by atoms with van der Waals surface area (Å²) in [5.41, 5.74) is 0.949. The van der Waals surface area contributed by atoms with Gasteiger partial charge in [0.25, 0.3) is 0 Å². The Balaban J connectivity index is 1.60. The Hall–Kier alpha value is -1.20. The van der Waals surface area contributed by atoms with Crippen molar-refractivity contribution < 1.29 is 9.53 Å². The topological polar surface area (TPSA) is 41.6 Å². The number of rotatable bonds is 5. The minimum atomic E-state index is 0.0167. The van der Waals surface area contributed by atoms with Crippen LogP contribution in [0.1, 0.15) is 32.1 Å². The van der Waals surface area contributed by atoms with E-state index in [0.29, 0.717) is 11.2 Å². The fourth-order valence-corrected chi connectivity index (χ4v) is 4.77. The summed E-state index contributed by atoms with van der Waals surface area (Å²) in [6.45, 7) is 2.34. The lowest BCUT2D eigenvalue weighted by atomic mass is 10.1. The third-order valence-electron chi connectivity index (χ3n) is 4.70. The summed E-state index contributed by atoms with van der Waals surface area (Å²) in [6, 6.07) is 8.19. The Labute approximate surface area is 143 Å². The molecule has 1 unspecified atom stereocenters. The smallest absolute Gasteiger partial charge is 0.321 e. The number of benzene rings is 1. The summed E-state index contributed by atoms with van der Waals surface area (Å²) in [4.78, 5) is 15.6. The van der Waals surface area contributed by atoms with Crippen LogP contribution in [0.15, 0.2) is 29.2 Å². The molecule has 1 aliphatic carbocycles. The molecule has 0 spiro atoms. The lowest BCUT2D eigenvalue weighted by Gasteiger charge is -2.19. The Morgan fingerprint density at radius 3 is 2.87 bits per heavy atom. The number of para-hydroxylation sites is 1. The van der Waals surface area contributed by atoms with E-state index in [9.17, 15) is 4.79 Å². The van der Waals surface area contributed by atoms with Crippen molar-refractivity contribution in [1.29, 1.82) is 0 Å². The van der Waals surface area contributed by atoms with Gasteiger partial charge in [0, 0.05) is 36.3 Å². The maximum absolute atomic E-state index is 12.5. The quantitative estimate of drug-likeness (QED) is 0.876. The molecule has 23 heavy (non-hydrogen) atoms. The van der Waals surface area contributed by atoms with Gasteiger partial charge < -0.3 is 15.0 Å². The Kier molecular flexibility index (Phi) is 5.84. The number of urea groups is 1. The summed E-state index contributed by atoms with van der Waals surface area (Å²) in [5, 5.41) is 3.81. The molecule has 0 bridgehead atoms. The summed E-state index contributed by atoms with van der Waals surface area (Å²) >= 11 is 1.92. The zero-order valence-corrected chi connectivity index (χ0v) is 14.6. The van der Waals surface area contributed by atoms with Crippen molar-refractivity contribution in [2.45, 2.75) is 42.2 Å². The molecule has 1 atom stereocenters. The third kappa shape index (κ3) is 4.42. The molecule has 2 fully saturated rings. The molecule has 5 heteroatoms. The largest absolute Gasteiger partial charge is 0.384 e. The number of anilines is 1. The predicted octanol–water partition coefficient (Wildman–Crippen LogP) is 4.22. The fourth-order valence-electron chi connectivity index (χ4n) is 3.44. The molecule has 0 radical (unpaired) electrons. The molecule has 1 aromatic carbocycles. The highest BCUT2D eigenvalue weighted by molar-refractivity contribution is 8.00. The molecule has 1 heterocycles. The van der Waals surface area contributed by atoms with Gasteiger partial charge in [-0.1, -0.05) is 25.0 Å². The molecule has 1 N–H and O–H groups in total. The zero-order valence-electron chi connectivity index (χ0n) is 13.8. The fraction of sp³-hybridized carbons (Fsp3) is 0.611. The van der Waals surface area contributed by atoms with E-state index in [4.69, 9.17) is 4.74 Å². The van der Waals surface area contributed by atoms with E-state index in [2.05, 4.69) is 17.4 Å². The molecular formula is C18H26N2O2S. The van der Waals surface area contributed by atoms with Crippen molar-refractivity contribution in [1.82, 2.24) is 4.90 Å². The normalized spacial score (nSPS) is 21.8. The predicted molar refractivity (Wildman–Crippen MR) is 95.1 cm³/mol. The number of amides is 2. The molecule has 1 aromatic rings. The van der Waals surface area contributed by atoms with Crippen LogP contribution < -0.4 is 5.32 Å². The average Bonchev–Trinajstić information content (AvgIpc) is 3.21. The summed E-state index contributed by atoms with van der Waals surface area (Å²) in [6.07, 6.45) is 6.27. The van der Waals surface area contributed by atoms with Crippen LogP contribution >= 0.6 is 11.8 Å². The summed E-state index contributed by atoms with van der Waals surface area (Å²) in [7, 11) is 1.72. The van der Waals surface area contributed by atoms with Crippen LogP contribution in [0, 0.1) is 5.92 Å². The van der Waals surface area contributed by atoms with Crippen LogP contribution in [-0.4, -0.2) is 43.0 Å². The highest BCUT2D eigenvalue weighted by Crippen LogP contribution is 2.38. The van der Waals surface area contributed by atoms with Gasteiger partial charge >= 0.3 is 6.03 Å². The number of nitrogens with zero attached hydrogens (tertiary/aromatic N) is 1. The minimum absolute atomic E-state index is 0.0167. The molecule has 1 saturated heterocycles. The first-order valence-corrected chi connectivity index (χ1v) is 9.45. The van der Waals surface area contributed by atoms with Crippen LogP contribution in [0.3, 0.4) is 0 Å². The minimum Gasteiger partial charge on any atom is -0.384 e. The molecule has 3 rings (SSSR count). The molecule has 2 amide bonds. The highest BCUT2D eigenvalue weighted by Gasteiger charge is 2.26. The summed E-state index contributed by atoms with van der Waals surface area (Å²) in [5.74, 6) is 0.467. The number of nitrogens with one attached hydrogen (secondary N) is 1. The lowest BCUT2D eigenvalue weighted by molar-refractivity contribution is 0.154. The van der Waals surface area contributed by atoms with Crippen molar-refractivity contribution in [3.05, 3.63) is 24.3 Å². The molecule has 1 aliphatic heterocycles. The summed E-state index contributed by atoms with van der Waals surface area (Å²) < 4.78 is 5.20. The zero-order chi connectivity index (χ0) is 16.1. The average molecular weight is 334 g/mol. The van der Waals surface area contributed by atoms with Crippen molar-refractivity contribution >= 4 is 23.5 Å². The number of hydrogen-bond acceptors (Lipinski definition) is 3. The standard InChI is InChI=1S/C18H26N2O2S/c1-22-13-14-10-11-20(12-14)18(21)19-16-8-4-5-9-17(16)23-15-6-2-3-7-15/h4-5,8-9,14-15H,2-3,6-7,10-13H2,1H3,(H,19,21). The second-order valence-electron chi connectivity index (χ2n) is 6.51. The van der Waals surface area contributed by atoms with E-state index in [0.717, 1.165) is 31.8 Å². The highest BCUT2D eigenvalue weighted by atomic mass is 32.2. The molecule has 2 aliphatic rings. The van der Waals surface area contributed by atoms with Crippen LogP contribution in [0.2, 0.25) is 0 Å². The number of carbonyl (C=O) groups excluding carboxylic acids is 1. The van der Waals surface area contributed by atoms with Gasteiger partial charge in [-0.15, -0.1) is 11.8 Å². The van der Waals surface area contributed by atoms with Crippen LogP contribution in [-0.2, 0) is 4.74 Å². The Morgan fingerprint density at radius 1 is 1.30 bits per heavy atom. The molecule has 126 valence electrons. The number of carbonyl (C=O) groups is 1. The monoisotopic (exact) mass is 334 g/mol.